The predicted octanol–water partition coefficient (Wildman–Crippen LogP) is 2.56. The first kappa shape index (κ1) is 20.5. The number of aliphatic hydroxyl groups excluding tert-OH is 1. The summed E-state index contributed by atoms with van der Waals surface area (Å²) in [5.74, 6) is 0.959. The fraction of sp³-hybridized carbons (Fsp3) is 0.381. The minimum Gasteiger partial charge on any atom is -0.493 e. The number of halogens is 1. The van der Waals surface area contributed by atoms with Crippen LogP contribution in [0.2, 0.25) is 5.02 Å². The molecule has 7 heteroatoms. The summed E-state index contributed by atoms with van der Waals surface area (Å²) in [6.45, 7) is 3.74. The van der Waals surface area contributed by atoms with Crippen molar-refractivity contribution in [1.29, 1.82) is 0 Å². The first-order valence-corrected chi connectivity index (χ1v) is 9.62. The summed E-state index contributed by atoms with van der Waals surface area (Å²) in [4.78, 5) is 16.6. The highest BCUT2D eigenvalue weighted by Gasteiger charge is 2.22. The molecule has 1 fully saturated rings. The molecular formula is C21H25ClN2O4. The first-order chi connectivity index (χ1) is 13.6. The zero-order chi connectivity index (χ0) is 19.9. The molecule has 0 aromatic heterocycles. The van der Waals surface area contributed by atoms with Crippen LogP contribution in [0.15, 0.2) is 42.5 Å². The number of carbonyl (C=O) groups is 1. The van der Waals surface area contributed by atoms with Crippen molar-refractivity contribution in [3.63, 3.8) is 0 Å². The highest BCUT2D eigenvalue weighted by Crippen LogP contribution is 2.28. The van der Waals surface area contributed by atoms with Crippen LogP contribution in [0, 0.1) is 0 Å². The van der Waals surface area contributed by atoms with Gasteiger partial charge in [0.15, 0.2) is 18.1 Å². The molecule has 2 aromatic rings. The molecule has 150 valence electrons. The van der Waals surface area contributed by atoms with Crippen LogP contribution in [0.25, 0.3) is 0 Å². The highest BCUT2D eigenvalue weighted by atomic mass is 35.5. The molecular weight excluding hydrogens is 380 g/mol. The number of nitrogens with zero attached hydrogens (tertiary/aromatic N) is 2. The molecule has 1 aliphatic rings. The van der Waals surface area contributed by atoms with Crippen LogP contribution in [0.4, 0.5) is 0 Å². The third-order valence-electron chi connectivity index (χ3n) is 4.81. The van der Waals surface area contributed by atoms with Gasteiger partial charge in [-0.05, 0) is 35.4 Å². The van der Waals surface area contributed by atoms with Crippen molar-refractivity contribution >= 4 is 17.5 Å². The maximum Gasteiger partial charge on any atom is 0.260 e. The van der Waals surface area contributed by atoms with E-state index in [1.807, 2.05) is 29.2 Å². The Hall–Kier alpha value is -2.28. The van der Waals surface area contributed by atoms with E-state index in [1.165, 1.54) is 12.7 Å². The van der Waals surface area contributed by atoms with E-state index in [1.54, 1.807) is 18.2 Å². The van der Waals surface area contributed by atoms with Crippen molar-refractivity contribution < 1.29 is 19.4 Å². The van der Waals surface area contributed by atoms with E-state index in [-0.39, 0.29) is 19.1 Å². The summed E-state index contributed by atoms with van der Waals surface area (Å²) in [6, 6.07) is 13.0. The summed E-state index contributed by atoms with van der Waals surface area (Å²) in [5.41, 5.74) is 1.94. The van der Waals surface area contributed by atoms with Crippen LogP contribution >= 0.6 is 11.6 Å². The minimum absolute atomic E-state index is 0.0357. The van der Waals surface area contributed by atoms with Gasteiger partial charge in [0.05, 0.1) is 13.7 Å². The highest BCUT2D eigenvalue weighted by molar-refractivity contribution is 6.30. The third-order valence-corrected chi connectivity index (χ3v) is 5.06. The zero-order valence-electron chi connectivity index (χ0n) is 15.9. The van der Waals surface area contributed by atoms with Crippen LogP contribution < -0.4 is 9.47 Å². The number of carbonyl (C=O) groups excluding carboxylic acids is 1. The molecule has 0 unspecified atom stereocenters. The third kappa shape index (κ3) is 5.38. The SMILES string of the molecule is COc1cc(CO)ccc1OCC(=O)N1CCN(Cc2ccc(Cl)cc2)CC1. The largest absolute Gasteiger partial charge is 0.493 e. The molecule has 0 radical (unpaired) electrons. The molecule has 2 aromatic carbocycles. The van der Waals surface area contributed by atoms with E-state index in [2.05, 4.69) is 4.90 Å². The van der Waals surface area contributed by atoms with Crippen molar-refractivity contribution in [2.45, 2.75) is 13.2 Å². The van der Waals surface area contributed by atoms with Gasteiger partial charge in [-0.15, -0.1) is 0 Å². The molecule has 1 saturated heterocycles. The van der Waals surface area contributed by atoms with Crippen LogP contribution in [-0.4, -0.2) is 60.7 Å². The van der Waals surface area contributed by atoms with Gasteiger partial charge in [0.1, 0.15) is 0 Å². The quantitative estimate of drug-likeness (QED) is 0.768. The lowest BCUT2D eigenvalue weighted by molar-refractivity contribution is -0.135. The molecule has 1 aliphatic heterocycles. The van der Waals surface area contributed by atoms with Gasteiger partial charge >= 0.3 is 0 Å². The van der Waals surface area contributed by atoms with Crippen molar-refractivity contribution in [3.8, 4) is 11.5 Å². The zero-order valence-corrected chi connectivity index (χ0v) is 16.7. The maximum absolute atomic E-state index is 12.5. The minimum atomic E-state index is -0.0735. The molecule has 0 saturated carbocycles. The number of ether oxygens (including phenoxy) is 2. The van der Waals surface area contributed by atoms with E-state index < -0.39 is 0 Å². The first-order valence-electron chi connectivity index (χ1n) is 9.24. The topological polar surface area (TPSA) is 62.2 Å². The maximum atomic E-state index is 12.5. The molecule has 0 bridgehead atoms. The van der Waals surface area contributed by atoms with Crippen molar-refractivity contribution in [1.82, 2.24) is 9.80 Å². The number of rotatable bonds is 7. The van der Waals surface area contributed by atoms with E-state index in [4.69, 9.17) is 21.1 Å². The van der Waals surface area contributed by atoms with Crippen LogP contribution in [-0.2, 0) is 17.9 Å². The Bertz CT molecular complexity index is 789. The second kappa shape index (κ2) is 9.78. The van der Waals surface area contributed by atoms with Gasteiger partial charge in [-0.3, -0.25) is 9.69 Å². The van der Waals surface area contributed by atoms with Crippen LogP contribution in [0.5, 0.6) is 11.5 Å². The van der Waals surface area contributed by atoms with Gasteiger partial charge in [0.2, 0.25) is 0 Å². The molecule has 3 rings (SSSR count). The molecule has 28 heavy (non-hydrogen) atoms. The summed E-state index contributed by atoms with van der Waals surface area (Å²) in [7, 11) is 1.53. The van der Waals surface area contributed by atoms with Crippen LogP contribution in [0.1, 0.15) is 11.1 Å². The number of benzene rings is 2. The molecule has 0 atom stereocenters. The van der Waals surface area contributed by atoms with Crippen molar-refractivity contribution in [3.05, 3.63) is 58.6 Å². The van der Waals surface area contributed by atoms with Crippen molar-refractivity contribution in [2.75, 3.05) is 39.9 Å². The lowest BCUT2D eigenvalue weighted by atomic mass is 10.2. The standard InChI is InChI=1S/C21H25ClN2O4/c1-27-20-12-17(14-25)4-7-19(20)28-15-21(26)24-10-8-23(9-11-24)13-16-2-5-18(22)6-3-16/h2-7,12,25H,8-11,13-15H2,1H3. The Morgan fingerprint density at radius 1 is 1.04 bits per heavy atom. The van der Waals surface area contributed by atoms with E-state index in [0.717, 1.165) is 30.2 Å². The number of amides is 1. The molecule has 0 spiro atoms. The van der Waals surface area contributed by atoms with Crippen molar-refractivity contribution in [2.24, 2.45) is 0 Å². The second-order valence-corrected chi connectivity index (χ2v) is 7.15. The second-order valence-electron chi connectivity index (χ2n) is 6.72. The lowest BCUT2D eigenvalue weighted by Crippen LogP contribution is -2.49. The summed E-state index contributed by atoms with van der Waals surface area (Å²) >= 11 is 5.93. The number of hydrogen-bond donors (Lipinski definition) is 1. The Kier molecular flexibility index (Phi) is 7.14. The molecule has 6 nitrogen and oxygen atoms in total. The lowest BCUT2D eigenvalue weighted by Gasteiger charge is -2.34. The Morgan fingerprint density at radius 2 is 1.71 bits per heavy atom. The average Bonchev–Trinajstić information content (AvgIpc) is 2.74. The monoisotopic (exact) mass is 404 g/mol. The van der Waals surface area contributed by atoms with Gasteiger partial charge in [0.25, 0.3) is 5.91 Å². The average molecular weight is 405 g/mol. The molecule has 0 aliphatic carbocycles. The van der Waals surface area contributed by atoms with E-state index in [9.17, 15) is 9.90 Å². The molecule has 1 N–H and O–H groups in total. The fourth-order valence-corrected chi connectivity index (χ4v) is 3.29. The van der Waals surface area contributed by atoms with Gasteiger partial charge in [-0.1, -0.05) is 29.8 Å². The normalized spacial score (nSPS) is 14.8. The summed E-state index contributed by atoms with van der Waals surface area (Å²) in [5, 5.41) is 9.93. The predicted molar refractivity (Wildman–Crippen MR) is 108 cm³/mol. The fourth-order valence-electron chi connectivity index (χ4n) is 3.16. The van der Waals surface area contributed by atoms with E-state index >= 15 is 0 Å². The van der Waals surface area contributed by atoms with E-state index in [0.29, 0.717) is 24.6 Å². The smallest absolute Gasteiger partial charge is 0.260 e. The summed E-state index contributed by atoms with van der Waals surface area (Å²) in [6.07, 6.45) is 0. The molecule has 1 amide bonds. The number of hydrogen-bond acceptors (Lipinski definition) is 5. The number of aliphatic hydroxyl groups is 1. The van der Waals surface area contributed by atoms with Crippen LogP contribution in [0.3, 0.4) is 0 Å². The number of piperazine rings is 1. The van der Waals surface area contributed by atoms with Gasteiger partial charge < -0.3 is 19.5 Å². The molecule has 1 heterocycles. The number of methoxy groups -OCH3 is 1. The van der Waals surface area contributed by atoms with Gasteiger partial charge in [-0.25, -0.2) is 0 Å². The Morgan fingerprint density at radius 3 is 2.36 bits per heavy atom. The Balaban J connectivity index is 1.47. The van der Waals surface area contributed by atoms with Gasteiger partial charge in [-0.2, -0.15) is 0 Å². The Labute approximate surface area is 170 Å². The van der Waals surface area contributed by atoms with Gasteiger partial charge in [0, 0.05) is 37.7 Å². The summed E-state index contributed by atoms with van der Waals surface area (Å²) < 4.78 is 10.9.